The first-order valence-electron chi connectivity index (χ1n) is 5.76. The summed E-state index contributed by atoms with van der Waals surface area (Å²) in [7, 11) is 0. The molecule has 0 saturated heterocycles. The van der Waals surface area contributed by atoms with E-state index >= 15 is 0 Å². The molecule has 1 aromatic carbocycles. The van der Waals surface area contributed by atoms with Crippen LogP contribution in [0.2, 0.25) is 0 Å². The fraction of sp³-hybridized carbons (Fsp3) is 0.385. The fourth-order valence-corrected chi connectivity index (χ4v) is 1.44. The number of hydrogen-bond donors (Lipinski definition) is 2. The van der Waals surface area contributed by atoms with Crippen molar-refractivity contribution in [2.24, 2.45) is 0 Å². The van der Waals surface area contributed by atoms with Crippen LogP contribution in [0, 0.1) is 17.1 Å². The van der Waals surface area contributed by atoms with E-state index in [1.807, 2.05) is 13.0 Å². The number of nitrogens with zero attached hydrogens (tertiary/aromatic N) is 1. The van der Waals surface area contributed by atoms with Gasteiger partial charge < -0.3 is 10.6 Å². The van der Waals surface area contributed by atoms with Crippen LogP contribution >= 0.6 is 0 Å². The van der Waals surface area contributed by atoms with Gasteiger partial charge >= 0.3 is 0 Å². The minimum atomic E-state index is -0.278. The number of carbonyl (C=O) groups excluding carboxylic acids is 1. The van der Waals surface area contributed by atoms with E-state index in [4.69, 9.17) is 5.26 Å². The Labute approximate surface area is 106 Å². The van der Waals surface area contributed by atoms with Gasteiger partial charge in [-0.2, -0.15) is 5.26 Å². The number of hydrogen-bond acceptors (Lipinski definition) is 3. The van der Waals surface area contributed by atoms with E-state index in [9.17, 15) is 9.18 Å². The number of benzene rings is 1. The quantitative estimate of drug-likeness (QED) is 0.751. The third-order valence-corrected chi connectivity index (χ3v) is 2.50. The molecule has 0 aromatic heterocycles. The highest BCUT2D eigenvalue weighted by Crippen LogP contribution is 2.12. The second-order valence-electron chi connectivity index (χ2n) is 3.91. The zero-order valence-corrected chi connectivity index (χ0v) is 10.2. The highest BCUT2D eigenvalue weighted by Gasteiger charge is 2.07. The summed E-state index contributed by atoms with van der Waals surface area (Å²) < 4.78 is 12.7. The summed E-state index contributed by atoms with van der Waals surface area (Å²) in [6, 6.07) is 8.05. The Morgan fingerprint density at radius 2 is 2.11 bits per heavy atom. The van der Waals surface area contributed by atoms with E-state index in [0.717, 1.165) is 5.56 Å². The molecule has 0 aliphatic heterocycles. The maximum absolute atomic E-state index is 12.7. The van der Waals surface area contributed by atoms with Crippen LogP contribution in [0.25, 0.3) is 0 Å². The molecule has 0 saturated carbocycles. The number of nitriles is 1. The topological polar surface area (TPSA) is 64.9 Å². The lowest BCUT2D eigenvalue weighted by Gasteiger charge is -2.13. The van der Waals surface area contributed by atoms with Gasteiger partial charge in [0, 0.05) is 12.6 Å². The molecule has 1 rings (SSSR count). The number of halogens is 1. The number of nitrogens with one attached hydrogen (secondary N) is 2. The Bertz CT molecular complexity index is 425. The lowest BCUT2D eigenvalue weighted by atomic mass is 10.1. The van der Waals surface area contributed by atoms with Crippen LogP contribution in [-0.4, -0.2) is 19.0 Å². The van der Waals surface area contributed by atoms with Gasteiger partial charge in [0.1, 0.15) is 5.82 Å². The van der Waals surface area contributed by atoms with Crippen LogP contribution in [0.3, 0.4) is 0 Å². The van der Waals surface area contributed by atoms with Gasteiger partial charge in [-0.25, -0.2) is 4.39 Å². The monoisotopic (exact) mass is 249 g/mol. The Morgan fingerprint density at radius 3 is 2.72 bits per heavy atom. The summed E-state index contributed by atoms with van der Waals surface area (Å²) in [5, 5.41) is 14.0. The molecule has 0 spiro atoms. The van der Waals surface area contributed by atoms with Crippen LogP contribution in [0.15, 0.2) is 24.3 Å². The van der Waals surface area contributed by atoms with Crippen LogP contribution in [0.4, 0.5) is 4.39 Å². The van der Waals surface area contributed by atoms with Crippen LogP contribution in [-0.2, 0) is 4.79 Å². The van der Waals surface area contributed by atoms with Gasteiger partial charge in [0.25, 0.3) is 0 Å². The lowest BCUT2D eigenvalue weighted by Crippen LogP contribution is -2.35. The molecule has 2 N–H and O–H groups in total. The third-order valence-electron chi connectivity index (χ3n) is 2.50. The largest absolute Gasteiger partial charge is 0.354 e. The van der Waals surface area contributed by atoms with Gasteiger partial charge in [-0.05, 0) is 24.6 Å². The van der Waals surface area contributed by atoms with Gasteiger partial charge in [0.05, 0.1) is 19.0 Å². The molecule has 0 heterocycles. The van der Waals surface area contributed by atoms with E-state index in [2.05, 4.69) is 10.6 Å². The Balaban J connectivity index is 2.32. The molecule has 5 heteroatoms. The standard InChI is InChI=1S/C13H16FN3O/c1-10(11-3-5-12(14)6-4-11)17-9-13(18)16-8-2-7-15/h3-6,10,17H,2,8-9H2,1H3,(H,16,18)/t10-/m0/s1. The van der Waals surface area contributed by atoms with Gasteiger partial charge in [-0.3, -0.25) is 4.79 Å². The van der Waals surface area contributed by atoms with Crippen LogP contribution < -0.4 is 10.6 Å². The Morgan fingerprint density at radius 1 is 1.44 bits per heavy atom. The van der Waals surface area contributed by atoms with Crippen molar-refractivity contribution in [2.45, 2.75) is 19.4 Å². The van der Waals surface area contributed by atoms with Gasteiger partial charge in [0.15, 0.2) is 0 Å². The second-order valence-corrected chi connectivity index (χ2v) is 3.91. The third kappa shape index (κ3) is 4.93. The highest BCUT2D eigenvalue weighted by atomic mass is 19.1. The number of amides is 1. The van der Waals surface area contributed by atoms with E-state index in [1.54, 1.807) is 12.1 Å². The molecule has 4 nitrogen and oxygen atoms in total. The molecular formula is C13H16FN3O. The summed E-state index contributed by atoms with van der Waals surface area (Å²) >= 11 is 0. The average molecular weight is 249 g/mol. The Kier molecular flexibility index (Phi) is 5.81. The molecule has 18 heavy (non-hydrogen) atoms. The molecule has 0 radical (unpaired) electrons. The smallest absolute Gasteiger partial charge is 0.234 e. The predicted octanol–water partition coefficient (Wildman–Crippen LogP) is 1.51. The van der Waals surface area contributed by atoms with Crippen LogP contribution in [0.1, 0.15) is 24.9 Å². The molecule has 0 bridgehead atoms. The molecule has 1 atom stereocenters. The normalized spacial score (nSPS) is 11.6. The maximum atomic E-state index is 12.7. The zero-order chi connectivity index (χ0) is 13.4. The SMILES string of the molecule is C[C@H](NCC(=O)NCCC#N)c1ccc(F)cc1. The van der Waals surface area contributed by atoms with Crippen LogP contribution in [0.5, 0.6) is 0 Å². The molecule has 1 aromatic rings. The second kappa shape index (κ2) is 7.41. The molecule has 0 fully saturated rings. The fourth-order valence-electron chi connectivity index (χ4n) is 1.44. The Hall–Kier alpha value is -1.93. The van der Waals surface area contributed by atoms with E-state index < -0.39 is 0 Å². The van der Waals surface area contributed by atoms with Crippen molar-refractivity contribution >= 4 is 5.91 Å². The van der Waals surface area contributed by atoms with Crippen molar-refractivity contribution in [1.82, 2.24) is 10.6 Å². The number of rotatable bonds is 6. The molecule has 96 valence electrons. The lowest BCUT2D eigenvalue weighted by molar-refractivity contribution is -0.120. The highest BCUT2D eigenvalue weighted by molar-refractivity contribution is 5.78. The minimum Gasteiger partial charge on any atom is -0.354 e. The van der Waals surface area contributed by atoms with Crippen molar-refractivity contribution in [1.29, 1.82) is 5.26 Å². The summed E-state index contributed by atoms with van der Waals surface area (Å²) in [5.74, 6) is -0.431. The minimum absolute atomic E-state index is 0.0349. The first-order chi connectivity index (χ1) is 8.63. The summed E-state index contributed by atoms with van der Waals surface area (Å²) in [6.07, 6.45) is 0.305. The van der Waals surface area contributed by atoms with Crippen molar-refractivity contribution in [2.75, 3.05) is 13.1 Å². The predicted molar refractivity (Wildman–Crippen MR) is 66.1 cm³/mol. The molecular weight excluding hydrogens is 233 g/mol. The summed E-state index contributed by atoms with van der Waals surface area (Å²) in [4.78, 5) is 11.4. The maximum Gasteiger partial charge on any atom is 0.234 e. The molecule has 0 aliphatic rings. The molecule has 1 amide bonds. The zero-order valence-electron chi connectivity index (χ0n) is 10.2. The van der Waals surface area contributed by atoms with Gasteiger partial charge in [-0.15, -0.1) is 0 Å². The van der Waals surface area contributed by atoms with E-state index in [1.165, 1.54) is 12.1 Å². The first kappa shape index (κ1) is 14.1. The van der Waals surface area contributed by atoms with Crippen molar-refractivity contribution < 1.29 is 9.18 Å². The van der Waals surface area contributed by atoms with E-state index in [0.29, 0.717) is 13.0 Å². The van der Waals surface area contributed by atoms with Crippen molar-refractivity contribution in [3.63, 3.8) is 0 Å². The van der Waals surface area contributed by atoms with Crippen molar-refractivity contribution in [3.05, 3.63) is 35.6 Å². The van der Waals surface area contributed by atoms with E-state index in [-0.39, 0.29) is 24.3 Å². The van der Waals surface area contributed by atoms with Crippen molar-refractivity contribution in [3.8, 4) is 6.07 Å². The molecule has 0 aliphatic carbocycles. The first-order valence-corrected chi connectivity index (χ1v) is 5.76. The summed E-state index contributed by atoms with van der Waals surface area (Å²) in [6.45, 7) is 2.43. The number of carbonyl (C=O) groups is 1. The van der Waals surface area contributed by atoms with Gasteiger partial charge in [-0.1, -0.05) is 12.1 Å². The summed E-state index contributed by atoms with van der Waals surface area (Å²) in [5.41, 5.74) is 0.918. The average Bonchev–Trinajstić information content (AvgIpc) is 2.37. The van der Waals surface area contributed by atoms with Gasteiger partial charge in [0.2, 0.25) is 5.91 Å². The molecule has 0 unspecified atom stereocenters.